The Kier molecular flexibility index (Phi) is 9.72. The minimum atomic E-state index is -1.41. The molecule has 0 spiro atoms. The van der Waals surface area contributed by atoms with Crippen molar-refractivity contribution in [3.8, 4) is 11.4 Å². The van der Waals surface area contributed by atoms with Crippen LogP contribution in [0, 0.1) is 0 Å². The summed E-state index contributed by atoms with van der Waals surface area (Å²) in [6, 6.07) is 17.9. The second kappa shape index (κ2) is 13.4. The first-order chi connectivity index (χ1) is 19.0. The molecule has 2 heterocycles. The molecule has 2 unspecified atom stereocenters. The summed E-state index contributed by atoms with van der Waals surface area (Å²) in [5.74, 6) is 0. The number of benzene rings is 2. The van der Waals surface area contributed by atoms with Crippen molar-refractivity contribution in [1.82, 2.24) is 19.6 Å². The van der Waals surface area contributed by atoms with Crippen molar-refractivity contribution in [1.29, 1.82) is 0 Å². The number of unbranched alkanes of at least 4 members (excludes halogenated alkanes) is 2. The van der Waals surface area contributed by atoms with Crippen molar-refractivity contribution in [3.63, 3.8) is 0 Å². The van der Waals surface area contributed by atoms with Gasteiger partial charge in [0, 0.05) is 17.5 Å². The molecule has 10 heteroatoms. The number of hydrogen-bond acceptors (Lipinski definition) is 6. The molecule has 10 nitrogen and oxygen atoms in total. The predicted molar refractivity (Wildman–Crippen MR) is 147 cm³/mol. The van der Waals surface area contributed by atoms with E-state index >= 15 is 0 Å². The Morgan fingerprint density at radius 2 is 1.08 bits per heavy atom. The fourth-order valence-corrected chi connectivity index (χ4v) is 4.27. The van der Waals surface area contributed by atoms with Gasteiger partial charge >= 0.3 is 0 Å². The van der Waals surface area contributed by atoms with Crippen LogP contribution >= 0.6 is 0 Å². The lowest BCUT2D eigenvalue weighted by Gasteiger charge is -2.13. The molecule has 0 aliphatic carbocycles. The normalized spacial score (nSPS) is 13.0. The maximum atomic E-state index is 13.7. The second-order valence-electron chi connectivity index (χ2n) is 9.29. The van der Waals surface area contributed by atoms with Crippen molar-refractivity contribution in [2.24, 2.45) is 0 Å². The number of ether oxygens (including phenoxy) is 2. The minimum Gasteiger partial charge on any atom is -0.363 e. The number of aromatic nitrogens is 4. The number of aliphatic hydroxyl groups excluding tert-OH is 2. The van der Waals surface area contributed by atoms with Crippen LogP contribution in [0.5, 0.6) is 0 Å². The molecule has 4 rings (SSSR count). The van der Waals surface area contributed by atoms with Gasteiger partial charge in [0.15, 0.2) is 12.6 Å². The Labute approximate surface area is 226 Å². The van der Waals surface area contributed by atoms with Crippen LogP contribution in [0.4, 0.5) is 0 Å². The average molecular weight is 537 g/mol. The Balaban J connectivity index is 1.81. The Morgan fingerprint density at radius 3 is 1.44 bits per heavy atom. The van der Waals surface area contributed by atoms with E-state index in [0.717, 1.165) is 25.7 Å². The van der Waals surface area contributed by atoms with Crippen LogP contribution < -0.4 is 11.1 Å². The first-order valence-electron chi connectivity index (χ1n) is 13.3. The molecule has 0 radical (unpaired) electrons. The highest BCUT2D eigenvalue weighted by Gasteiger charge is 2.28. The highest BCUT2D eigenvalue weighted by Crippen LogP contribution is 2.23. The molecule has 4 N–H and O–H groups in total. The van der Waals surface area contributed by atoms with Gasteiger partial charge in [0.2, 0.25) is 0 Å². The Bertz CT molecular complexity index is 1330. The predicted octanol–water partition coefficient (Wildman–Crippen LogP) is 3.85. The third-order valence-electron chi connectivity index (χ3n) is 6.46. The van der Waals surface area contributed by atoms with Crippen molar-refractivity contribution in [2.45, 2.75) is 58.5 Å². The van der Waals surface area contributed by atoms with Crippen LogP contribution in [0.2, 0.25) is 0 Å². The zero-order chi connectivity index (χ0) is 27.8. The van der Waals surface area contributed by atoms with E-state index in [0.29, 0.717) is 24.6 Å². The van der Waals surface area contributed by atoms with Gasteiger partial charge in [0.1, 0.15) is 0 Å². The molecular weight excluding hydrogens is 500 g/mol. The van der Waals surface area contributed by atoms with Gasteiger partial charge in [-0.05, 0) is 37.1 Å². The number of aliphatic hydroxyl groups is 2. The summed E-state index contributed by atoms with van der Waals surface area (Å²) in [7, 11) is 0. The number of H-pyrrole nitrogens is 2. The van der Waals surface area contributed by atoms with Gasteiger partial charge in [0.05, 0.1) is 36.0 Å². The van der Waals surface area contributed by atoms with Crippen LogP contribution in [-0.2, 0) is 15.9 Å². The summed E-state index contributed by atoms with van der Waals surface area (Å²) in [4.78, 5) is 27.3. The number of rotatable bonds is 14. The van der Waals surface area contributed by atoms with Gasteiger partial charge in [-0.15, -0.1) is 0 Å². The first kappa shape index (κ1) is 28.3. The summed E-state index contributed by atoms with van der Waals surface area (Å²) >= 11 is 0. The summed E-state index contributed by atoms with van der Waals surface area (Å²) < 4.78 is 13.8. The fourth-order valence-electron chi connectivity index (χ4n) is 4.27. The fraction of sp³-hybridized carbons (Fsp3) is 0.379. The molecular formula is C29H36N4O6. The number of para-hydroxylation sites is 2. The quantitative estimate of drug-likeness (QED) is 0.143. The molecule has 0 bridgehead atoms. The molecule has 2 aromatic carbocycles. The van der Waals surface area contributed by atoms with E-state index in [4.69, 9.17) is 9.47 Å². The zero-order valence-electron chi connectivity index (χ0n) is 22.3. The monoisotopic (exact) mass is 536 g/mol. The molecule has 2 aromatic heterocycles. The summed E-state index contributed by atoms with van der Waals surface area (Å²) in [6.45, 7) is 4.62. The highest BCUT2D eigenvalue weighted by molar-refractivity contribution is 5.38. The SMILES string of the molecule is CCCCOC(O)c1[nH]n(-c2ccccc2)c(=O)c1Cc1c(C(O)OCCCC)[nH]n(-c2ccccc2)c1=O. The van der Waals surface area contributed by atoms with E-state index in [-0.39, 0.29) is 28.9 Å². The van der Waals surface area contributed by atoms with Gasteiger partial charge < -0.3 is 19.7 Å². The van der Waals surface area contributed by atoms with E-state index < -0.39 is 23.7 Å². The van der Waals surface area contributed by atoms with E-state index in [1.807, 2.05) is 26.0 Å². The molecule has 39 heavy (non-hydrogen) atoms. The Hall–Kier alpha value is -3.70. The third kappa shape index (κ3) is 6.48. The molecule has 2 atom stereocenters. The van der Waals surface area contributed by atoms with Crippen molar-refractivity contribution < 1.29 is 19.7 Å². The van der Waals surface area contributed by atoms with Crippen molar-refractivity contribution >= 4 is 0 Å². The summed E-state index contributed by atoms with van der Waals surface area (Å²) in [5.41, 5.74) is 0.868. The van der Waals surface area contributed by atoms with Crippen LogP contribution in [0.25, 0.3) is 11.4 Å². The van der Waals surface area contributed by atoms with Gasteiger partial charge in [-0.1, -0.05) is 63.1 Å². The summed E-state index contributed by atoms with van der Waals surface area (Å²) in [6.07, 6.45) is 0.243. The molecule has 0 saturated heterocycles. The van der Waals surface area contributed by atoms with Gasteiger partial charge in [-0.25, -0.2) is 9.36 Å². The second-order valence-corrected chi connectivity index (χ2v) is 9.29. The Morgan fingerprint density at radius 1 is 0.692 bits per heavy atom. The lowest BCUT2D eigenvalue weighted by molar-refractivity contribution is -0.107. The van der Waals surface area contributed by atoms with Crippen LogP contribution in [0.1, 0.15) is 74.6 Å². The van der Waals surface area contributed by atoms with Crippen molar-refractivity contribution in [3.05, 3.63) is 104 Å². The van der Waals surface area contributed by atoms with E-state index in [1.165, 1.54) is 9.36 Å². The maximum Gasteiger partial charge on any atom is 0.275 e. The van der Waals surface area contributed by atoms with Crippen LogP contribution in [-0.4, -0.2) is 43.0 Å². The topological polar surface area (TPSA) is 134 Å². The van der Waals surface area contributed by atoms with E-state index in [1.54, 1.807) is 48.5 Å². The molecule has 0 fully saturated rings. The smallest absolute Gasteiger partial charge is 0.275 e. The van der Waals surface area contributed by atoms with Crippen molar-refractivity contribution in [2.75, 3.05) is 13.2 Å². The number of nitrogens with zero attached hydrogens (tertiary/aromatic N) is 2. The maximum absolute atomic E-state index is 13.7. The molecule has 0 aliphatic rings. The number of hydrogen-bond donors (Lipinski definition) is 4. The first-order valence-corrected chi connectivity index (χ1v) is 13.3. The molecule has 0 aliphatic heterocycles. The largest absolute Gasteiger partial charge is 0.363 e. The zero-order valence-corrected chi connectivity index (χ0v) is 22.3. The van der Waals surface area contributed by atoms with Gasteiger partial charge in [-0.3, -0.25) is 19.8 Å². The lowest BCUT2D eigenvalue weighted by atomic mass is 10.0. The molecule has 0 amide bonds. The van der Waals surface area contributed by atoms with E-state index in [9.17, 15) is 19.8 Å². The summed E-state index contributed by atoms with van der Waals surface area (Å²) in [5, 5.41) is 27.7. The average Bonchev–Trinajstić information content (AvgIpc) is 3.46. The number of aromatic amines is 2. The van der Waals surface area contributed by atoms with Crippen LogP contribution in [0.3, 0.4) is 0 Å². The van der Waals surface area contributed by atoms with Gasteiger partial charge in [-0.2, -0.15) is 0 Å². The van der Waals surface area contributed by atoms with E-state index in [2.05, 4.69) is 10.2 Å². The minimum absolute atomic E-state index is 0.152. The molecule has 0 saturated carbocycles. The standard InChI is InChI=1S/C29H36N4O6/c1-3-5-17-38-28(36)24-22(26(34)32(30-24)20-13-9-7-10-14-20)19-23-25(29(37)39-18-6-4-2)31-33(27(23)35)21-15-11-8-12-16-21/h7-16,28-31,36-37H,3-6,17-19H2,1-2H3. The molecule has 4 aromatic rings. The molecule has 208 valence electrons. The third-order valence-corrected chi connectivity index (χ3v) is 6.46. The highest BCUT2D eigenvalue weighted by atomic mass is 16.6. The van der Waals surface area contributed by atoms with Crippen LogP contribution in [0.15, 0.2) is 70.3 Å². The van der Waals surface area contributed by atoms with Gasteiger partial charge in [0.25, 0.3) is 11.1 Å². The number of nitrogens with one attached hydrogen (secondary N) is 2. The lowest BCUT2D eigenvalue weighted by Crippen LogP contribution is -2.22.